The third-order valence-electron chi connectivity index (χ3n) is 2.42. The van der Waals surface area contributed by atoms with E-state index in [2.05, 4.69) is 21.2 Å². The molecule has 0 aliphatic rings. The predicted molar refractivity (Wildman–Crippen MR) is 67.5 cm³/mol. The first-order valence-corrected chi connectivity index (χ1v) is 6.05. The van der Waals surface area contributed by atoms with Crippen LogP contribution in [-0.2, 0) is 0 Å². The maximum Gasteiger partial charge on any atom is 0.252 e. The van der Waals surface area contributed by atoms with Crippen molar-refractivity contribution in [3.63, 3.8) is 0 Å². The number of hydrogen-bond acceptors (Lipinski definition) is 2. The molecule has 0 aliphatic heterocycles. The van der Waals surface area contributed by atoms with E-state index in [-0.39, 0.29) is 18.6 Å². The number of aryl methyl sites for hydroxylation is 1. The second-order valence-corrected chi connectivity index (χ2v) is 4.60. The zero-order valence-electron chi connectivity index (χ0n) is 9.46. The Morgan fingerprint density at radius 1 is 1.56 bits per heavy atom. The maximum absolute atomic E-state index is 11.9. The highest BCUT2D eigenvalue weighted by Gasteiger charge is 2.13. The number of rotatable bonds is 4. The van der Waals surface area contributed by atoms with Crippen LogP contribution in [0.3, 0.4) is 0 Å². The molecule has 1 atom stereocenters. The molecule has 2 N–H and O–H groups in total. The Balaban J connectivity index is 2.80. The molecule has 88 valence electrons. The van der Waals surface area contributed by atoms with Crippen LogP contribution in [0.2, 0.25) is 0 Å². The average molecular weight is 286 g/mol. The summed E-state index contributed by atoms with van der Waals surface area (Å²) in [5, 5.41) is 11.8. The van der Waals surface area contributed by atoms with Gasteiger partial charge in [-0.1, -0.05) is 13.0 Å². The molecule has 16 heavy (non-hydrogen) atoms. The molecule has 0 saturated carbocycles. The molecule has 3 nitrogen and oxygen atoms in total. The molecule has 0 heterocycles. The Morgan fingerprint density at radius 2 is 2.25 bits per heavy atom. The van der Waals surface area contributed by atoms with Crippen molar-refractivity contribution >= 4 is 21.8 Å². The molecule has 1 aromatic carbocycles. The lowest BCUT2D eigenvalue weighted by Gasteiger charge is -2.14. The minimum absolute atomic E-state index is 0.0360. The van der Waals surface area contributed by atoms with Crippen LogP contribution >= 0.6 is 15.9 Å². The smallest absolute Gasteiger partial charge is 0.252 e. The van der Waals surface area contributed by atoms with Crippen molar-refractivity contribution in [3.05, 3.63) is 33.8 Å². The van der Waals surface area contributed by atoms with Crippen molar-refractivity contribution < 1.29 is 9.90 Å². The van der Waals surface area contributed by atoms with Crippen LogP contribution in [-0.4, -0.2) is 23.7 Å². The largest absolute Gasteiger partial charge is 0.394 e. The van der Waals surface area contributed by atoms with E-state index in [1.54, 1.807) is 6.07 Å². The number of amides is 1. The lowest BCUT2D eigenvalue weighted by Crippen LogP contribution is -2.37. The zero-order chi connectivity index (χ0) is 12.1. The van der Waals surface area contributed by atoms with Gasteiger partial charge in [-0.05, 0) is 47.0 Å². The fourth-order valence-electron chi connectivity index (χ4n) is 1.34. The maximum atomic E-state index is 11.9. The summed E-state index contributed by atoms with van der Waals surface area (Å²) in [5.74, 6) is -0.159. The van der Waals surface area contributed by atoms with Gasteiger partial charge in [-0.25, -0.2) is 0 Å². The number of hydrogen-bond donors (Lipinski definition) is 2. The summed E-state index contributed by atoms with van der Waals surface area (Å²) < 4.78 is 0.776. The van der Waals surface area contributed by atoms with Crippen molar-refractivity contribution in [1.29, 1.82) is 0 Å². The fraction of sp³-hybridized carbons (Fsp3) is 0.417. The van der Waals surface area contributed by atoms with E-state index in [0.29, 0.717) is 12.0 Å². The van der Waals surface area contributed by atoms with E-state index in [9.17, 15) is 4.79 Å². The van der Waals surface area contributed by atoms with Crippen LogP contribution in [0.5, 0.6) is 0 Å². The molecule has 1 unspecified atom stereocenters. The van der Waals surface area contributed by atoms with Gasteiger partial charge in [-0.15, -0.1) is 0 Å². The first-order valence-electron chi connectivity index (χ1n) is 5.26. The van der Waals surface area contributed by atoms with Gasteiger partial charge in [0.25, 0.3) is 5.91 Å². The molecule has 0 saturated heterocycles. The molecule has 0 radical (unpaired) electrons. The highest BCUT2D eigenvalue weighted by atomic mass is 79.9. The van der Waals surface area contributed by atoms with E-state index < -0.39 is 0 Å². The van der Waals surface area contributed by atoms with E-state index >= 15 is 0 Å². The normalized spacial score (nSPS) is 12.2. The van der Waals surface area contributed by atoms with Gasteiger partial charge in [-0.3, -0.25) is 4.79 Å². The molecule has 1 aromatic rings. The second-order valence-electron chi connectivity index (χ2n) is 3.74. The lowest BCUT2D eigenvalue weighted by atomic mass is 10.1. The summed E-state index contributed by atoms with van der Waals surface area (Å²) in [6.45, 7) is 3.85. The van der Waals surface area contributed by atoms with Gasteiger partial charge in [0.15, 0.2) is 0 Å². The van der Waals surface area contributed by atoms with Crippen molar-refractivity contribution in [2.24, 2.45) is 0 Å². The molecule has 0 bridgehead atoms. The summed E-state index contributed by atoms with van der Waals surface area (Å²) >= 11 is 3.36. The standard InChI is InChI=1S/C12H16BrNO2/c1-3-9(7-15)14-12(16)10-5-4-8(2)6-11(10)13/h4-6,9,15H,3,7H2,1-2H3,(H,14,16). The number of carbonyl (C=O) groups excluding carboxylic acids is 1. The fourth-order valence-corrected chi connectivity index (χ4v) is 2.02. The molecule has 1 rings (SSSR count). The number of aliphatic hydroxyl groups is 1. The molecule has 0 spiro atoms. The Morgan fingerprint density at radius 3 is 2.75 bits per heavy atom. The average Bonchev–Trinajstić information content (AvgIpc) is 2.25. The van der Waals surface area contributed by atoms with E-state index in [4.69, 9.17) is 5.11 Å². The summed E-state index contributed by atoms with van der Waals surface area (Å²) in [4.78, 5) is 11.9. The lowest BCUT2D eigenvalue weighted by molar-refractivity contribution is 0.0914. The monoisotopic (exact) mass is 285 g/mol. The quantitative estimate of drug-likeness (QED) is 0.892. The topological polar surface area (TPSA) is 49.3 Å². The van der Waals surface area contributed by atoms with E-state index in [1.807, 2.05) is 26.0 Å². The Kier molecular flexibility index (Phi) is 4.96. The predicted octanol–water partition coefficient (Wildman–Crippen LogP) is 2.26. The van der Waals surface area contributed by atoms with Crippen LogP contribution in [0, 0.1) is 6.92 Å². The Labute approximate surface area is 104 Å². The Hall–Kier alpha value is -0.870. The van der Waals surface area contributed by atoms with Crippen LogP contribution in [0.15, 0.2) is 22.7 Å². The second kappa shape index (κ2) is 6.01. The van der Waals surface area contributed by atoms with E-state index in [0.717, 1.165) is 10.0 Å². The van der Waals surface area contributed by atoms with Crippen molar-refractivity contribution in [1.82, 2.24) is 5.32 Å². The van der Waals surface area contributed by atoms with Gasteiger partial charge >= 0.3 is 0 Å². The third kappa shape index (κ3) is 3.32. The highest BCUT2D eigenvalue weighted by molar-refractivity contribution is 9.10. The van der Waals surface area contributed by atoms with Crippen molar-refractivity contribution in [2.75, 3.05) is 6.61 Å². The SMILES string of the molecule is CCC(CO)NC(=O)c1ccc(C)cc1Br. The summed E-state index contributed by atoms with van der Waals surface area (Å²) in [6, 6.07) is 5.38. The van der Waals surface area contributed by atoms with Gasteiger partial charge in [0.05, 0.1) is 18.2 Å². The molecular formula is C12H16BrNO2. The van der Waals surface area contributed by atoms with Crippen LogP contribution in [0.4, 0.5) is 0 Å². The third-order valence-corrected chi connectivity index (χ3v) is 3.07. The molecule has 1 amide bonds. The number of aliphatic hydroxyl groups excluding tert-OH is 1. The van der Waals surface area contributed by atoms with Crippen LogP contribution < -0.4 is 5.32 Å². The minimum Gasteiger partial charge on any atom is -0.394 e. The van der Waals surface area contributed by atoms with Crippen LogP contribution in [0.1, 0.15) is 29.3 Å². The Bertz CT molecular complexity index is 375. The number of halogens is 1. The summed E-state index contributed by atoms with van der Waals surface area (Å²) in [7, 11) is 0. The molecular weight excluding hydrogens is 270 g/mol. The van der Waals surface area contributed by atoms with E-state index in [1.165, 1.54) is 0 Å². The van der Waals surface area contributed by atoms with Crippen molar-refractivity contribution in [3.8, 4) is 0 Å². The molecule has 4 heteroatoms. The van der Waals surface area contributed by atoms with Crippen molar-refractivity contribution in [2.45, 2.75) is 26.3 Å². The van der Waals surface area contributed by atoms with Gasteiger partial charge in [-0.2, -0.15) is 0 Å². The van der Waals surface area contributed by atoms with Crippen LogP contribution in [0.25, 0.3) is 0 Å². The molecule has 0 aliphatic carbocycles. The first kappa shape index (κ1) is 13.2. The van der Waals surface area contributed by atoms with Gasteiger partial charge < -0.3 is 10.4 Å². The number of nitrogens with one attached hydrogen (secondary N) is 1. The van der Waals surface area contributed by atoms with Gasteiger partial charge in [0.1, 0.15) is 0 Å². The van der Waals surface area contributed by atoms with Gasteiger partial charge in [0, 0.05) is 4.47 Å². The zero-order valence-corrected chi connectivity index (χ0v) is 11.0. The summed E-state index contributed by atoms with van der Waals surface area (Å²) in [5.41, 5.74) is 1.69. The summed E-state index contributed by atoms with van der Waals surface area (Å²) in [6.07, 6.45) is 0.714. The molecule has 0 fully saturated rings. The molecule has 0 aromatic heterocycles. The highest BCUT2D eigenvalue weighted by Crippen LogP contribution is 2.18. The van der Waals surface area contributed by atoms with Gasteiger partial charge in [0.2, 0.25) is 0 Å². The minimum atomic E-state index is -0.180. The first-order chi connectivity index (χ1) is 7.58. The number of benzene rings is 1. The number of carbonyl (C=O) groups is 1.